The zero-order chi connectivity index (χ0) is 30.7. The summed E-state index contributed by atoms with van der Waals surface area (Å²) in [5.74, 6) is -3.71. The lowest BCUT2D eigenvalue weighted by Crippen LogP contribution is -2.50. The van der Waals surface area contributed by atoms with Crippen LogP contribution in [0.15, 0.2) is 72.8 Å². The molecule has 2 amide bonds. The number of carbonyl (C=O) groups is 2. The van der Waals surface area contributed by atoms with E-state index < -0.39 is 39.4 Å². The molecule has 226 valence electrons. The Morgan fingerprint density at radius 1 is 0.881 bits per heavy atom. The van der Waals surface area contributed by atoms with E-state index in [9.17, 15) is 31.2 Å². The lowest BCUT2D eigenvalue weighted by atomic mass is 10.0. The molecule has 0 saturated heterocycles. The Morgan fingerprint density at radius 3 is 2.21 bits per heavy atom. The summed E-state index contributed by atoms with van der Waals surface area (Å²) in [4.78, 5) is 28.5. The van der Waals surface area contributed by atoms with Gasteiger partial charge in [0, 0.05) is 44.1 Å². The second kappa shape index (κ2) is 15.4. The minimum atomic E-state index is -3.90. The first-order chi connectivity index (χ1) is 20.0. The fourth-order valence-corrected chi connectivity index (χ4v) is 5.47. The van der Waals surface area contributed by atoms with Gasteiger partial charge in [0.1, 0.15) is 11.9 Å². The van der Waals surface area contributed by atoms with Crippen LogP contribution in [0.5, 0.6) is 0 Å². The fraction of sp³-hybridized carbons (Fsp3) is 0.355. The van der Waals surface area contributed by atoms with Crippen molar-refractivity contribution in [2.24, 2.45) is 0 Å². The lowest BCUT2D eigenvalue weighted by Gasteiger charge is -2.32. The van der Waals surface area contributed by atoms with E-state index in [1.165, 1.54) is 17.0 Å². The fourth-order valence-electron chi connectivity index (χ4n) is 4.51. The van der Waals surface area contributed by atoms with Gasteiger partial charge >= 0.3 is 0 Å². The molecule has 0 aliphatic heterocycles. The quantitative estimate of drug-likeness (QED) is 0.242. The number of anilines is 1. The van der Waals surface area contributed by atoms with E-state index in [2.05, 4.69) is 5.32 Å². The Morgan fingerprint density at radius 2 is 1.57 bits per heavy atom. The number of sulfonamides is 1. The summed E-state index contributed by atoms with van der Waals surface area (Å²) in [5, 5.41) is 2.88. The molecule has 0 heterocycles. The highest BCUT2D eigenvalue weighted by molar-refractivity contribution is 7.92. The molecule has 3 aromatic rings. The molecule has 0 radical (unpaired) electrons. The summed E-state index contributed by atoms with van der Waals surface area (Å²) in [6.45, 7) is 2.03. The van der Waals surface area contributed by atoms with Gasteiger partial charge in [-0.25, -0.2) is 21.6 Å². The van der Waals surface area contributed by atoms with Crippen molar-refractivity contribution in [3.05, 3.63) is 101 Å². The highest BCUT2D eigenvalue weighted by atomic mass is 32.2. The van der Waals surface area contributed by atoms with Gasteiger partial charge < -0.3 is 10.2 Å². The minimum absolute atomic E-state index is 0.00812. The van der Waals surface area contributed by atoms with Crippen LogP contribution < -0.4 is 9.62 Å². The van der Waals surface area contributed by atoms with Crippen molar-refractivity contribution in [3.8, 4) is 0 Å². The molecule has 3 rings (SSSR count). The van der Waals surface area contributed by atoms with Crippen LogP contribution >= 0.6 is 0 Å². The summed E-state index contributed by atoms with van der Waals surface area (Å²) >= 11 is 0. The van der Waals surface area contributed by atoms with Crippen molar-refractivity contribution in [3.63, 3.8) is 0 Å². The molecule has 3 aromatic carbocycles. The van der Waals surface area contributed by atoms with E-state index in [0.29, 0.717) is 6.54 Å². The Hall–Kier alpha value is -3.86. The normalized spacial score (nSPS) is 12.0. The molecule has 1 atom stereocenters. The third-order valence-electron chi connectivity index (χ3n) is 6.74. The van der Waals surface area contributed by atoms with Gasteiger partial charge in [0.25, 0.3) is 0 Å². The number of carbonyl (C=O) groups excluding carboxylic acids is 2. The maximum Gasteiger partial charge on any atom is 0.243 e. The van der Waals surface area contributed by atoms with Crippen LogP contribution in [0.3, 0.4) is 0 Å². The van der Waals surface area contributed by atoms with E-state index in [0.717, 1.165) is 47.2 Å². The lowest BCUT2D eigenvalue weighted by molar-refractivity contribution is -0.141. The Balaban J connectivity index is 1.88. The second-order valence-electron chi connectivity index (χ2n) is 10.0. The molecule has 0 fully saturated rings. The minimum Gasteiger partial charge on any atom is -0.354 e. The molecule has 1 N–H and O–H groups in total. The average molecular weight is 604 g/mol. The van der Waals surface area contributed by atoms with Gasteiger partial charge in [0.2, 0.25) is 21.8 Å². The summed E-state index contributed by atoms with van der Waals surface area (Å²) in [7, 11) is -3.90. The van der Waals surface area contributed by atoms with Crippen molar-refractivity contribution in [2.75, 3.05) is 23.7 Å². The number of rotatable bonds is 15. The molecule has 7 nitrogen and oxygen atoms in total. The topological polar surface area (TPSA) is 86.8 Å². The van der Waals surface area contributed by atoms with Gasteiger partial charge in [0.15, 0.2) is 11.6 Å². The van der Waals surface area contributed by atoms with E-state index in [1.807, 2.05) is 37.3 Å². The number of hydrogen-bond donors (Lipinski definition) is 1. The highest BCUT2D eigenvalue weighted by Crippen LogP contribution is 2.22. The average Bonchev–Trinajstić information content (AvgIpc) is 2.95. The second-order valence-corrected chi connectivity index (χ2v) is 11.9. The molecule has 42 heavy (non-hydrogen) atoms. The number of unbranched alkanes of at least 4 members (excludes halogenated alkanes) is 1. The zero-order valence-electron chi connectivity index (χ0n) is 23.7. The zero-order valence-corrected chi connectivity index (χ0v) is 24.5. The van der Waals surface area contributed by atoms with Crippen LogP contribution in [-0.4, -0.2) is 50.5 Å². The van der Waals surface area contributed by atoms with Crippen molar-refractivity contribution >= 4 is 27.5 Å². The van der Waals surface area contributed by atoms with Crippen molar-refractivity contribution in [2.45, 2.75) is 51.6 Å². The van der Waals surface area contributed by atoms with Gasteiger partial charge in [0.05, 0.1) is 11.9 Å². The number of hydrogen-bond acceptors (Lipinski definition) is 4. The van der Waals surface area contributed by atoms with Crippen molar-refractivity contribution < 1.29 is 31.2 Å². The SMILES string of the molecule is CCCCNC(=O)C(Cc1ccccc1)N(Cc1ccccc1F)C(=O)CCCN(c1ccc(F)c(F)c1)S(C)(=O)=O. The number of nitrogens with one attached hydrogen (secondary N) is 1. The first kappa shape index (κ1) is 32.7. The van der Waals surface area contributed by atoms with Crippen LogP contribution in [0.2, 0.25) is 0 Å². The molecule has 0 bridgehead atoms. The standard InChI is InChI=1S/C31H36F3N3O4S/c1-3-4-18-35-31(39)29(20-23-11-6-5-7-12-23)36(22-24-13-8-9-14-26(24)32)30(38)15-10-19-37(42(2,40)41)25-16-17-27(33)28(34)21-25/h5-9,11-14,16-17,21,29H,3-4,10,15,18-20,22H2,1-2H3,(H,35,39). The third kappa shape index (κ3) is 9.34. The molecule has 1 unspecified atom stereocenters. The van der Waals surface area contributed by atoms with E-state index >= 15 is 0 Å². The van der Waals surface area contributed by atoms with Crippen LogP contribution in [0.25, 0.3) is 0 Å². The third-order valence-corrected chi connectivity index (χ3v) is 7.94. The van der Waals surface area contributed by atoms with Crippen molar-refractivity contribution in [1.82, 2.24) is 10.2 Å². The molecule has 0 aliphatic rings. The highest BCUT2D eigenvalue weighted by Gasteiger charge is 2.31. The summed E-state index contributed by atoms with van der Waals surface area (Å²) in [6.07, 6.45) is 2.54. The van der Waals surface area contributed by atoms with E-state index in [-0.39, 0.29) is 49.5 Å². The molecule has 0 aliphatic carbocycles. The van der Waals surface area contributed by atoms with Crippen LogP contribution in [0.4, 0.5) is 18.9 Å². The largest absolute Gasteiger partial charge is 0.354 e. The predicted molar refractivity (Wildman–Crippen MR) is 157 cm³/mol. The molecular weight excluding hydrogens is 567 g/mol. The first-order valence-corrected chi connectivity index (χ1v) is 15.6. The molecule has 0 aromatic heterocycles. The maximum absolute atomic E-state index is 14.7. The van der Waals surface area contributed by atoms with Gasteiger partial charge in [-0.15, -0.1) is 0 Å². The number of benzene rings is 3. The Labute approximate surface area is 245 Å². The molecule has 0 spiro atoms. The summed E-state index contributed by atoms with van der Waals surface area (Å²) in [5.41, 5.74) is 0.954. The number of nitrogens with zero attached hydrogens (tertiary/aromatic N) is 2. The Bertz CT molecular complexity index is 1450. The monoisotopic (exact) mass is 603 g/mol. The predicted octanol–water partition coefficient (Wildman–Crippen LogP) is 5.21. The first-order valence-electron chi connectivity index (χ1n) is 13.8. The van der Waals surface area contributed by atoms with Gasteiger partial charge in [-0.05, 0) is 36.6 Å². The van der Waals surface area contributed by atoms with Crippen LogP contribution in [0.1, 0.15) is 43.7 Å². The van der Waals surface area contributed by atoms with Crippen molar-refractivity contribution in [1.29, 1.82) is 0 Å². The van der Waals surface area contributed by atoms with Crippen LogP contribution in [-0.2, 0) is 32.6 Å². The smallest absolute Gasteiger partial charge is 0.243 e. The van der Waals surface area contributed by atoms with E-state index in [4.69, 9.17) is 0 Å². The number of halogens is 3. The van der Waals surface area contributed by atoms with Gasteiger partial charge in [-0.1, -0.05) is 61.9 Å². The summed E-state index contributed by atoms with van der Waals surface area (Å²) in [6, 6.07) is 16.9. The van der Waals surface area contributed by atoms with E-state index in [1.54, 1.807) is 12.1 Å². The molecule has 0 saturated carbocycles. The Kier molecular flexibility index (Phi) is 12.0. The molecular formula is C31H36F3N3O4S. The van der Waals surface area contributed by atoms with Gasteiger partial charge in [-0.3, -0.25) is 13.9 Å². The van der Waals surface area contributed by atoms with Gasteiger partial charge in [-0.2, -0.15) is 0 Å². The maximum atomic E-state index is 14.7. The summed E-state index contributed by atoms with van der Waals surface area (Å²) < 4.78 is 67.8. The van der Waals surface area contributed by atoms with Crippen LogP contribution in [0, 0.1) is 17.5 Å². The molecule has 11 heteroatoms. The number of amides is 2.